The van der Waals surface area contributed by atoms with Gasteiger partial charge in [-0.2, -0.15) is 0 Å². The van der Waals surface area contributed by atoms with Crippen molar-refractivity contribution in [2.45, 2.75) is 58.0 Å². The van der Waals surface area contributed by atoms with Crippen molar-refractivity contribution in [2.24, 2.45) is 11.8 Å². The fourth-order valence-corrected chi connectivity index (χ4v) is 5.50. The van der Waals surface area contributed by atoms with Gasteiger partial charge in [0.1, 0.15) is 12.4 Å². The Hall–Kier alpha value is -3.04. The van der Waals surface area contributed by atoms with Gasteiger partial charge in [0.2, 0.25) is 11.8 Å². The zero-order valence-corrected chi connectivity index (χ0v) is 22.6. The van der Waals surface area contributed by atoms with Crippen LogP contribution in [-0.2, 0) is 20.9 Å². The molecule has 2 amide bonds. The molecule has 1 aliphatic carbocycles. The smallest absolute Gasteiger partial charge is 0.306 e. The fourth-order valence-electron chi connectivity index (χ4n) is 5.38. The molecule has 2 aliphatic rings. The Morgan fingerprint density at radius 2 is 1.77 bits per heavy atom. The Bertz CT molecular complexity index is 1200. The summed E-state index contributed by atoms with van der Waals surface area (Å²) in [6.45, 7) is 3.07. The highest BCUT2D eigenvalue weighted by Gasteiger charge is 2.30. The topological polar surface area (TPSA) is 87.2 Å². The van der Waals surface area contributed by atoms with Crippen molar-refractivity contribution >= 4 is 29.4 Å². The van der Waals surface area contributed by atoms with E-state index in [4.69, 9.17) is 16.3 Å². The number of hydrogen-bond donors (Lipinski definition) is 1. The highest BCUT2D eigenvalue weighted by Crippen LogP contribution is 2.33. The first-order valence-electron chi connectivity index (χ1n) is 13.3. The number of halogens is 3. The van der Waals surface area contributed by atoms with Gasteiger partial charge in [-0.15, -0.1) is 0 Å². The van der Waals surface area contributed by atoms with E-state index in [2.05, 4.69) is 4.90 Å². The summed E-state index contributed by atoms with van der Waals surface area (Å²) in [5.41, 5.74) is 1.44. The number of carboxylic acid groups (broad SMARTS) is 1. The van der Waals surface area contributed by atoms with Crippen LogP contribution in [0.3, 0.4) is 0 Å². The number of nitrogens with zero attached hydrogens (tertiary/aromatic N) is 2. The summed E-state index contributed by atoms with van der Waals surface area (Å²) in [6.07, 6.45) is 3.18. The number of carboxylic acids is 1. The van der Waals surface area contributed by atoms with E-state index < -0.39 is 17.6 Å². The number of likely N-dealkylation sites (tertiary alicyclic amines) is 1. The number of aliphatic carboxylic acids is 1. The Balaban J connectivity index is 1.44. The Kier molecular flexibility index (Phi) is 9.56. The molecule has 2 aromatic carbocycles. The number of hydrogen-bond acceptors (Lipinski definition) is 5. The van der Waals surface area contributed by atoms with Gasteiger partial charge in [0.05, 0.1) is 17.5 Å². The van der Waals surface area contributed by atoms with E-state index in [1.165, 1.54) is 24.3 Å². The lowest BCUT2D eigenvalue weighted by atomic mass is 9.81. The second-order valence-electron chi connectivity index (χ2n) is 10.4. The van der Waals surface area contributed by atoms with E-state index in [1.807, 2.05) is 6.92 Å². The molecule has 0 bridgehead atoms. The molecule has 1 heterocycles. The minimum Gasteiger partial charge on any atom is -0.489 e. The fraction of sp³-hybridized carbons (Fsp3) is 0.483. The summed E-state index contributed by atoms with van der Waals surface area (Å²) >= 11 is 5.88. The number of amides is 2. The van der Waals surface area contributed by atoms with Crippen LogP contribution in [0.25, 0.3) is 0 Å². The quantitative estimate of drug-likeness (QED) is 0.359. The van der Waals surface area contributed by atoms with Gasteiger partial charge >= 0.3 is 5.97 Å². The van der Waals surface area contributed by atoms with Crippen LogP contribution in [0.5, 0.6) is 5.75 Å². The monoisotopic (exact) mass is 562 g/mol. The Labute approximate surface area is 231 Å². The molecule has 1 atom stereocenters. The molecule has 1 saturated carbocycles. The van der Waals surface area contributed by atoms with Gasteiger partial charge in [0.25, 0.3) is 0 Å². The average molecular weight is 563 g/mol. The summed E-state index contributed by atoms with van der Waals surface area (Å²) in [6, 6.07) is 9.18. The molecule has 1 unspecified atom stereocenters. The maximum atomic E-state index is 14.9. The average Bonchev–Trinajstić information content (AvgIpc) is 3.23. The van der Waals surface area contributed by atoms with Crippen molar-refractivity contribution in [3.63, 3.8) is 0 Å². The van der Waals surface area contributed by atoms with Crippen LogP contribution in [0.1, 0.15) is 62.6 Å². The number of benzene rings is 2. The molecule has 2 fully saturated rings. The van der Waals surface area contributed by atoms with E-state index in [0.717, 1.165) is 23.3 Å². The van der Waals surface area contributed by atoms with Gasteiger partial charge in [-0.25, -0.2) is 8.78 Å². The number of carbonyl (C=O) groups excluding carboxylic acids is 2. The second kappa shape index (κ2) is 12.9. The summed E-state index contributed by atoms with van der Waals surface area (Å²) in [5.74, 6) is -2.33. The molecule has 210 valence electrons. The van der Waals surface area contributed by atoms with Crippen molar-refractivity contribution in [3.05, 3.63) is 64.2 Å². The van der Waals surface area contributed by atoms with Crippen molar-refractivity contribution < 1.29 is 33.0 Å². The van der Waals surface area contributed by atoms with Crippen molar-refractivity contribution in [2.75, 3.05) is 19.7 Å². The molecule has 0 radical (unpaired) electrons. The van der Waals surface area contributed by atoms with Crippen molar-refractivity contribution in [1.29, 1.82) is 0 Å². The zero-order chi connectivity index (χ0) is 28.1. The van der Waals surface area contributed by atoms with E-state index in [9.17, 15) is 28.3 Å². The lowest BCUT2D eigenvalue weighted by molar-refractivity contribution is -0.143. The molecular weight excluding hydrogens is 530 g/mol. The summed E-state index contributed by atoms with van der Waals surface area (Å²) in [5, 5.41) is 9.37. The second-order valence-corrected chi connectivity index (χ2v) is 10.8. The van der Waals surface area contributed by atoms with Gasteiger partial charge in [-0.3, -0.25) is 24.2 Å². The van der Waals surface area contributed by atoms with Gasteiger partial charge in [0.15, 0.2) is 11.6 Å². The lowest BCUT2D eigenvalue weighted by Gasteiger charge is -2.35. The molecule has 1 saturated heterocycles. The molecule has 0 aromatic heterocycles. The first-order valence-corrected chi connectivity index (χ1v) is 13.7. The number of imide groups is 1. The first kappa shape index (κ1) is 29.0. The molecule has 4 rings (SSSR count). The molecule has 2 aromatic rings. The molecule has 10 heteroatoms. The maximum Gasteiger partial charge on any atom is 0.306 e. The van der Waals surface area contributed by atoms with Crippen LogP contribution in [0.2, 0.25) is 5.02 Å². The predicted molar refractivity (Wildman–Crippen MR) is 141 cm³/mol. The van der Waals surface area contributed by atoms with E-state index in [0.29, 0.717) is 31.5 Å². The first-order chi connectivity index (χ1) is 18.6. The summed E-state index contributed by atoms with van der Waals surface area (Å²) in [4.78, 5) is 38.1. The van der Waals surface area contributed by atoms with Crippen LogP contribution >= 0.6 is 11.6 Å². The van der Waals surface area contributed by atoms with Gasteiger partial charge in [-0.1, -0.05) is 23.7 Å². The minimum atomic E-state index is -0.758. The number of rotatable bonds is 11. The molecule has 39 heavy (non-hydrogen) atoms. The van der Waals surface area contributed by atoms with E-state index in [-0.39, 0.29) is 66.5 Å². The molecule has 7 nitrogen and oxygen atoms in total. The van der Waals surface area contributed by atoms with Gasteiger partial charge in [0, 0.05) is 32.0 Å². The van der Waals surface area contributed by atoms with Crippen LogP contribution < -0.4 is 4.74 Å². The van der Waals surface area contributed by atoms with Crippen LogP contribution in [0, 0.1) is 23.5 Å². The number of ether oxygens (including phenoxy) is 1. The third-order valence-electron chi connectivity index (χ3n) is 7.77. The third kappa shape index (κ3) is 7.33. The lowest BCUT2D eigenvalue weighted by Crippen LogP contribution is -2.34. The van der Waals surface area contributed by atoms with Gasteiger partial charge in [-0.05, 0) is 73.9 Å². The Morgan fingerprint density at radius 1 is 1.08 bits per heavy atom. The summed E-state index contributed by atoms with van der Waals surface area (Å²) in [7, 11) is 0. The molecular formula is C29H33ClF2N2O5. The SMILES string of the molecule is CC(c1ccc(Cl)c(F)c1)N(Cc1ccc(OCCN2C(=O)CCC2=O)c(F)c1)C[C@H]1CC[C@H](C(=O)O)CC1. The van der Waals surface area contributed by atoms with Gasteiger partial charge < -0.3 is 9.84 Å². The zero-order valence-electron chi connectivity index (χ0n) is 21.9. The van der Waals surface area contributed by atoms with Crippen LogP contribution in [0.15, 0.2) is 36.4 Å². The standard InChI is InChI=1S/C29H33ClF2N2O5/c1-18(22-7-8-23(30)24(31)15-22)33(16-19-2-5-21(6-3-19)29(37)38)17-20-4-9-26(25(32)14-20)39-13-12-34-27(35)10-11-28(34)36/h4,7-9,14-15,18-19,21H,2-3,5-6,10-13,16-17H2,1H3,(H,37,38)/t18?,19-,21-. The predicted octanol–water partition coefficient (Wildman–Crippen LogP) is 5.60. The maximum absolute atomic E-state index is 14.9. The highest BCUT2D eigenvalue weighted by atomic mass is 35.5. The van der Waals surface area contributed by atoms with E-state index in [1.54, 1.807) is 12.1 Å². The van der Waals surface area contributed by atoms with Crippen LogP contribution in [0.4, 0.5) is 8.78 Å². The highest BCUT2D eigenvalue weighted by molar-refractivity contribution is 6.30. The summed E-state index contributed by atoms with van der Waals surface area (Å²) < 4.78 is 34.7. The minimum absolute atomic E-state index is 0.00193. The largest absolute Gasteiger partial charge is 0.489 e. The molecule has 1 N–H and O–H groups in total. The van der Waals surface area contributed by atoms with Crippen molar-refractivity contribution in [3.8, 4) is 5.75 Å². The molecule has 1 aliphatic heterocycles. The molecule has 0 spiro atoms. The van der Waals surface area contributed by atoms with E-state index >= 15 is 0 Å². The van der Waals surface area contributed by atoms with Crippen molar-refractivity contribution in [1.82, 2.24) is 9.80 Å². The normalized spacial score (nSPS) is 20.5. The number of carbonyl (C=O) groups is 3. The Morgan fingerprint density at radius 3 is 2.38 bits per heavy atom. The van der Waals surface area contributed by atoms with Crippen LogP contribution in [-0.4, -0.2) is 52.4 Å². The third-order valence-corrected chi connectivity index (χ3v) is 8.08.